The van der Waals surface area contributed by atoms with Crippen LogP contribution in [0, 0.1) is 0 Å². The SMILES string of the molecule is CC(C)NCc1ccc(SCCOC(C)(C)C)cc1. The zero-order valence-corrected chi connectivity index (χ0v) is 13.6. The zero-order valence-electron chi connectivity index (χ0n) is 12.8. The molecule has 0 heterocycles. The molecular weight excluding hydrogens is 254 g/mol. The Balaban J connectivity index is 2.28. The maximum absolute atomic E-state index is 5.71. The van der Waals surface area contributed by atoms with E-state index >= 15 is 0 Å². The second-order valence-corrected chi connectivity index (χ2v) is 7.16. The maximum atomic E-state index is 5.71. The van der Waals surface area contributed by atoms with Gasteiger partial charge in [-0.15, -0.1) is 11.8 Å². The summed E-state index contributed by atoms with van der Waals surface area (Å²) in [6.07, 6.45) is 0. The molecule has 1 aromatic rings. The van der Waals surface area contributed by atoms with Gasteiger partial charge in [0, 0.05) is 23.2 Å². The second-order valence-electron chi connectivity index (χ2n) is 5.99. The molecule has 2 nitrogen and oxygen atoms in total. The molecule has 0 saturated heterocycles. The molecule has 1 N–H and O–H groups in total. The molecule has 0 amide bonds. The number of benzene rings is 1. The van der Waals surface area contributed by atoms with Crippen LogP contribution in [0.3, 0.4) is 0 Å². The van der Waals surface area contributed by atoms with E-state index in [1.807, 2.05) is 11.8 Å². The fraction of sp³-hybridized carbons (Fsp3) is 0.625. The van der Waals surface area contributed by atoms with Gasteiger partial charge in [-0.2, -0.15) is 0 Å². The first-order valence-electron chi connectivity index (χ1n) is 6.96. The predicted molar refractivity (Wildman–Crippen MR) is 84.8 cm³/mol. The highest BCUT2D eigenvalue weighted by molar-refractivity contribution is 7.99. The van der Waals surface area contributed by atoms with Gasteiger partial charge >= 0.3 is 0 Å². The Bertz CT molecular complexity index is 354. The molecule has 0 aromatic heterocycles. The first kappa shape index (κ1) is 16.5. The Labute approximate surface area is 122 Å². The van der Waals surface area contributed by atoms with Crippen molar-refractivity contribution in [2.24, 2.45) is 0 Å². The van der Waals surface area contributed by atoms with E-state index in [0.29, 0.717) is 6.04 Å². The molecule has 0 bridgehead atoms. The van der Waals surface area contributed by atoms with E-state index in [0.717, 1.165) is 18.9 Å². The first-order valence-corrected chi connectivity index (χ1v) is 7.94. The number of thioether (sulfide) groups is 1. The molecule has 3 heteroatoms. The quantitative estimate of drug-likeness (QED) is 0.601. The van der Waals surface area contributed by atoms with Crippen molar-refractivity contribution < 1.29 is 4.74 Å². The molecule has 0 aliphatic heterocycles. The first-order chi connectivity index (χ1) is 8.87. The molecule has 1 aromatic carbocycles. The van der Waals surface area contributed by atoms with Crippen molar-refractivity contribution in [1.29, 1.82) is 0 Å². The highest BCUT2D eigenvalue weighted by atomic mass is 32.2. The van der Waals surface area contributed by atoms with Crippen LogP contribution in [0.4, 0.5) is 0 Å². The van der Waals surface area contributed by atoms with Gasteiger partial charge in [-0.1, -0.05) is 26.0 Å². The third-order valence-corrected chi connectivity index (χ3v) is 3.50. The summed E-state index contributed by atoms with van der Waals surface area (Å²) in [5, 5.41) is 3.42. The van der Waals surface area contributed by atoms with Crippen LogP contribution in [0.25, 0.3) is 0 Å². The predicted octanol–water partition coefficient (Wildman–Crippen LogP) is 4.09. The molecule has 0 aliphatic carbocycles. The van der Waals surface area contributed by atoms with Crippen molar-refractivity contribution >= 4 is 11.8 Å². The van der Waals surface area contributed by atoms with Crippen LogP contribution in [-0.2, 0) is 11.3 Å². The Hall–Kier alpha value is -0.510. The van der Waals surface area contributed by atoms with Gasteiger partial charge in [-0.05, 0) is 38.5 Å². The minimum absolute atomic E-state index is 0.0348. The summed E-state index contributed by atoms with van der Waals surface area (Å²) in [6, 6.07) is 9.31. The number of hydrogen-bond donors (Lipinski definition) is 1. The highest BCUT2D eigenvalue weighted by Gasteiger charge is 2.09. The number of ether oxygens (including phenoxy) is 1. The average Bonchev–Trinajstić information content (AvgIpc) is 2.32. The molecule has 0 fully saturated rings. The summed E-state index contributed by atoms with van der Waals surface area (Å²) in [7, 11) is 0. The van der Waals surface area contributed by atoms with Crippen molar-refractivity contribution in [2.45, 2.75) is 57.7 Å². The van der Waals surface area contributed by atoms with E-state index in [9.17, 15) is 0 Å². The van der Waals surface area contributed by atoms with Crippen LogP contribution in [0.5, 0.6) is 0 Å². The summed E-state index contributed by atoms with van der Waals surface area (Å²) in [5.74, 6) is 1.00. The molecule has 1 rings (SSSR count). The number of rotatable bonds is 7. The Morgan fingerprint density at radius 2 is 1.79 bits per heavy atom. The molecule has 0 atom stereocenters. The highest BCUT2D eigenvalue weighted by Crippen LogP contribution is 2.19. The van der Waals surface area contributed by atoms with E-state index in [4.69, 9.17) is 4.74 Å². The third-order valence-electron chi connectivity index (χ3n) is 2.52. The lowest BCUT2D eigenvalue weighted by molar-refractivity contribution is 0.00695. The van der Waals surface area contributed by atoms with E-state index in [1.165, 1.54) is 10.5 Å². The van der Waals surface area contributed by atoms with Crippen molar-refractivity contribution in [3.05, 3.63) is 29.8 Å². The summed E-state index contributed by atoms with van der Waals surface area (Å²) < 4.78 is 5.71. The van der Waals surface area contributed by atoms with Gasteiger partial charge in [0.05, 0.1) is 12.2 Å². The van der Waals surface area contributed by atoms with E-state index in [1.54, 1.807) is 0 Å². The Morgan fingerprint density at radius 3 is 2.32 bits per heavy atom. The second kappa shape index (κ2) is 7.93. The van der Waals surface area contributed by atoms with Gasteiger partial charge in [0.25, 0.3) is 0 Å². The summed E-state index contributed by atoms with van der Waals surface area (Å²) >= 11 is 1.85. The molecule has 0 radical (unpaired) electrons. The van der Waals surface area contributed by atoms with Crippen LogP contribution < -0.4 is 5.32 Å². The third kappa shape index (κ3) is 8.30. The van der Waals surface area contributed by atoms with Crippen LogP contribution in [0.2, 0.25) is 0 Å². The lowest BCUT2D eigenvalue weighted by atomic mass is 10.2. The van der Waals surface area contributed by atoms with Gasteiger partial charge in [0.2, 0.25) is 0 Å². The molecule has 108 valence electrons. The molecule has 0 unspecified atom stereocenters. The van der Waals surface area contributed by atoms with E-state index in [-0.39, 0.29) is 5.60 Å². The topological polar surface area (TPSA) is 21.3 Å². The molecule has 19 heavy (non-hydrogen) atoms. The van der Waals surface area contributed by atoms with E-state index < -0.39 is 0 Å². The average molecular weight is 281 g/mol. The standard InChI is InChI=1S/C16H27NOS/c1-13(2)17-12-14-6-8-15(9-7-14)19-11-10-18-16(3,4)5/h6-9,13,17H,10-12H2,1-5H3. The van der Waals surface area contributed by atoms with Crippen LogP contribution in [0.15, 0.2) is 29.2 Å². The summed E-state index contributed by atoms with van der Waals surface area (Å²) in [6.45, 7) is 12.3. The van der Waals surface area contributed by atoms with Gasteiger partial charge in [-0.25, -0.2) is 0 Å². The van der Waals surface area contributed by atoms with Crippen LogP contribution in [0.1, 0.15) is 40.2 Å². The summed E-state index contributed by atoms with van der Waals surface area (Å²) in [4.78, 5) is 1.31. The number of hydrogen-bond acceptors (Lipinski definition) is 3. The van der Waals surface area contributed by atoms with Gasteiger partial charge < -0.3 is 10.1 Å². The van der Waals surface area contributed by atoms with Gasteiger partial charge in [0.15, 0.2) is 0 Å². The normalized spacial score (nSPS) is 12.1. The molecule has 0 aliphatic rings. The lowest BCUT2D eigenvalue weighted by Gasteiger charge is -2.19. The maximum Gasteiger partial charge on any atom is 0.0598 e. The number of nitrogens with one attached hydrogen (secondary N) is 1. The minimum Gasteiger partial charge on any atom is -0.375 e. The van der Waals surface area contributed by atoms with Crippen LogP contribution >= 0.6 is 11.8 Å². The van der Waals surface area contributed by atoms with Gasteiger partial charge in [-0.3, -0.25) is 0 Å². The molecule has 0 spiro atoms. The van der Waals surface area contributed by atoms with Crippen molar-refractivity contribution in [3.63, 3.8) is 0 Å². The monoisotopic (exact) mass is 281 g/mol. The van der Waals surface area contributed by atoms with Crippen molar-refractivity contribution in [2.75, 3.05) is 12.4 Å². The van der Waals surface area contributed by atoms with Gasteiger partial charge in [0.1, 0.15) is 0 Å². The minimum atomic E-state index is -0.0348. The fourth-order valence-corrected chi connectivity index (χ4v) is 2.26. The van der Waals surface area contributed by atoms with E-state index in [2.05, 4.69) is 64.2 Å². The smallest absolute Gasteiger partial charge is 0.0598 e. The fourth-order valence-electron chi connectivity index (χ4n) is 1.53. The summed E-state index contributed by atoms with van der Waals surface area (Å²) in [5.41, 5.74) is 1.30. The Morgan fingerprint density at radius 1 is 1.16 bits per heavy atom. The zero-order chi connectivity index (χ0) is 14.3. The van der Waals surface area contributed by atoms with Crippen LogP contribution in [-0.4, -0.2) is 24.0 Å². The lowest BCUT2D eigenvalue weighted by Crippen LogP contribution is -2.21. The molecule has 0 saturated carbocycles. The van der Waals surface area contributed by atoms with Crippen molar-refractivity contribution in [1.82, 2.24) is 5.32 Å². The van der Waals surface area contributed by atoms with Crippen molar-refractivity contribution in [3.8, 4) is 0 Å². The Kier molecular flexibility index (Phi) is 6.90. The molecular formula is C16H27NOS. The largest absolute Gasteiger partial charge is 0.375 e.